The summed E-state index contributed by atoms with van der Waals surface area (Å²) >= 11 is 0. The lowest BCUT2D eigenvalue weighted by molar-refractivity contribution is 0.0811. The molecule has 2 nitrogen and oxygen atoms in total. The van der Waals surface area contributed by atoms with E-state index in [1.807, 2.05) is 12.1 Å². The van der Waals surface area contributed by atoms with Gasteiger partial charge in [-0.3, -0.25) is 0 Å². The van der Waals surface area contributed by atoms with Crippen molar-refractivity contribution in [3.63, 3.8) is 0 Å². The van der Waals surface area contributed by atoms with Gasteiger partial charge in [-0.05, 0) is 37.6 Å². The molecule has 1 heterocycles. The second-order valence-electron chi connectivity index (χ2n) is 6.35. The van der Waals surface area contributed by atoms with Crippen LogP contribution in [0.25, 0.3) is 0 Å². The van der Waals surface area contributed by atoms with Crippen LogP contribution in [-0.4, -0.2) is 36.2 Å². The largest absolute Gasteiger partial charge is 0.395 e. The van der Waals surface area contributed by atoms with Crippen molar-refractivity contribution in [3.05, 3.63) is 71.8 Å². The quantitative estimate of drug-likeness (QED) is 0.919. The smallest absolute Gasteiger partial charge is 0.0588 e. The first-order valence-electron chi connectivity index (χ1n) is 8.21. The SMILES string of the molecule is CN1CCCCC1C(CO)(c1ccccc1)c1ccccc1.Cl. The predicted molar refractivity (Wildman–Crippen MR) is 98.3 cm³/mol. The zero-order valence-corrected chi connectivity index (χ0v) is 14.5. The molecule has 0 aromatic heterocycles. The van der Waals surface area contributed by atoms with E-state index >= 15 is 0 Å². The highest BCUT2D eigenvalue weighted by Gasteiger charge is 2.44. The average molecular weight is 332 g/mol. The first-order chi connectivity index (χ1) is 10.8. The fourth-order valence-electron chi connectivity index (χ4n) is 4.01. The van der Waals surface area contributed by atoms with Gasteiger partial charge in [0.05, 0.1) is 12.0 Å². The zero-order chi connectivity index (χ0) is 15.4. The van der Waals surface area contributed by atoms with E-state index in [0.717, 1.165) is 13.0 Å². The Balaban J connectivity index is 0.00000192. The predicted octanol–water partition coefficient (Wildman–Crippen LogP) is 3.87. The Bertz CT molecular complexity index is 548. The minimum absolute atomic E-state index is 0. The van der Waals surface area contributed by atoms with E-state index in [0.29, 0.717) is 6.04 Å². The van der Waals surface area contributed by atoms with Crippen molar-refractivity contribution in [2.75, 3.05) is 20.2 Å². The monoisotopic (exact) mass is 331 g/mol. The van der Waals surface area contributed by atoms with Crippen LogP contribution in [0.3, 0.4) is 0 Å². The number of aliphatic hydroxyl groups is 1. The van der Waals surface area contributed by atoms with Gasteiger partial charge < -0.3 is 10.0 Å². The van der Waals surface area contributed by atoms with E-state index in [9.17, 15) is 5.11 Å². The maximum Gasteiger partial charge on any atom is 0.0588 e. The fraction of sp³-hybridized carbons (Fsp3) is 0.400. The molecule has 1 saturated heterocycles. The number of likely N-dealkylation sites (tertiary alicyclic amines) is 1. The maximum atomic E-state index is 10.5. The number of nitrogens with zero attached hydrogens (tertiary/aromatic N) is 1. The number of aliphatic hydroxyl groups excluding tert-OH is 1. The molecule has 2 aromatic carbocycles. The molecule has 124 valence electrons. The van der Waals surface area contributed by atoms with Crippen molar-refractivity contribution in [2.45, 2.75) is 30.7 Å². The third-order valence-electron chi connectivity index (χ3n) is 5.17. The highest BCUT2D eigenvalue weighted by atomic mass is 35.5. The third-order valence-corrected chi connectivity index (χ3v) is 5.17. The second-order valence-corrected chi connectivity index (χ2v) is 6.35. The normalized spacial score (nSPS) is 19.1. The molecule has 0 saturated carbocycles. The van der Waals surface area contributed by atoms with Gasteiger partial charge in [0.15, 0.2) is 0 Å². The summed E-state index contributed by atoms with van der Waals surface area (Å²) in [5, 5.41) is 10.5. The minimum atomic E-state index is -0.350. The molecule has 3 heteroatoms. The van der Waals surface area contributed by atoms with E-state index in [1.54, 1.807) is 0 Å². The molecule has 0 bridgehead atoms. The summed E-state index contributed by atoms with van der Waals surface area (Å²) < 4.78 is 0. The lowest BCUT2D eigenvalue weighted by atomic mass is 9.67. The number of benzene rings is 2. The van der Waals surface area contributed by atoms with Gasteiger partial charge in [-0.2, -0.15) is 0 Å². The Morgan fingerprint density at radius 3 is 1.91 bits per heavy atom. The molecule has 1 N–H and O–H groups in total. The lowest BCUT2D eigenvalue weighted by Crippen LogP contribution is -2.54. The highest BCUT2D eigenvalue weighted by molar-refractivity contribution is 5.85. The Kier molecular flexibility index (Phi) is 6.23. The van der Waals surface area contributed by atoms with Gasteiger partial charge in [-0.25, -0.2) is 0 Å². The summed E-state index contributed by atoms with van der Waals surface area (Å²) in [4.78, 5) is 2.43. The summed E-state index contributed by atoms with van der Waals surface area (Å²) in [6.07, 6.45) is 3.61. The second kappa shape index (κ2) is 7.96. The van der Waals surface area contributed by atoms with Crippen LogP contribution >= 0.6 is 12.4 Å². The van der Waals surface area contributed by atoms with Crippen molar-refractivity contribution in [1.82, 2.24) is 4.90 Å². The molecule has 2 aromatic rings. The molecule has 1 atom stereocenters. The number of halogens is 1. The first kappa shape index (κ1) is 18.0. The van der Waals surface area contributed by atoms with Crippen LogP contribution in [0, 0.1) is 0 Å². The van der Waals surface area contributed by atoms with Gasteiger partial charge in [0.2, 0.25) is 0 Å². The van der Waals surface area contributed by atoms with Crippen molar-refractivity contribution < 1.29 is 5.11 Å². The molecule has 1 unspecified atom stereocenters. The fourth-order valence-corrected chi connectivity index (χ4v) is 4.01. The Hall–Kier alpha value is -1.35. The van der Waals surface area contributed by atoms with E-state index in [-0.39, 0.29) is 24.4 Å². The third kappa shape index (κ3) is 3.30. The standard InChI is InChI=1S/C20H25NO.ClH/c1-21-15-9-8-14-19(21)20(16-22,17-10-4-2-5-11-17)18-12-6-3-7-13-18;/h2-7,10-13,19,22H,8-9,14-16H2,1H3;1H. The van der Waals surface area contributed by atoms with Gasteiger partial charge in [0.1, 0.15) is 0 Å². The Morgan fingerprint density at radius 2 is 1.48 bits per heavy atom. The summed E-state index contributed by atoms with van der Waals surface area (Å²) in [6.45, 7) is 1.24. The summed E-state index contributed by atoms with van der Waals surface area (Å²) in [5.41, 5.74) is 2.07. The van der Waals surface area contributed by atoms with Gasteiger partial charge in [-0.1, -0.05) is 67.1 Å². The van der Waals surface area contributed by atoms with Crippen molar-refractivity contribution in [1.29, 1.82) is 0 Å². The topological polar surface area (TPSA) is 23.5 Å². The number of hydrogen-bond acceptors (Lipinski definition) is 2. The summed E-state index contributed by atoms with van der Waals surface area (Å²) in [5.74, 6) is 0. The average Bonchev–Trinajstić information content (AvgIpc) is 2.59. The zero-order valence-electron chi connectivity index (χ0n) is 13.7. The van der Waals surface area contributed by atoms with E-state index in [1.165, 1.54) is 24.0 Å². The van der Waals surface area contributed by atoms with E-state index < -0.39 is 0 Å². The Labute approximate surface area is 145 Å². The van der Waals surface area contributed by atoms with Gasteiger partial charge in [0.25, 0.3) is 0 Å². The summed E-state index contributed by atoms with van der Waals surface area (Å²) in [7, 11) is 2.19. The van der Waals surface area contributed by atoms with Crippen molar-refractivity contribution in [2.24, 2.45) is 0 Å². The minimum Gasteiger partial charge on any atom is -0.395 e. The van der Waals surface area contributed by atoms with Gasteiger partial charge >= 0.3 is 0 Å². The summed E-state index contributed by atoms with van der Waals surface area (Å²) in [6, 6.07) is 21.3. The van der Waals surface area contributed by atoms with Gasteiger partial charge in [-0.15, -0.1) is 12.4 Å². The van der Waals surface area contributed by atoms with E-state index in [2.05, 4.69) is 60.5 Å². The molecule has 0 amide bonds. The molecule has 0 radical (unpaired) electrons. The first-order valence-corrected chi connectivity index (χ1v) is 8.21. The molecular weight excluding hydrogens is 306 g/mol. The number of hydrogen-bond donors (Lipinski definition) is 1. The van der Waals surface area contributed by atoms with Crippen LogP contribution in [0.4, 0.5) is 0 Å². The number of rotatable bonds is 4. The van der Waals surface area contributed by atoms with Crippen LogP contribution in [-0.2, 0) is 5.41 Å². The molecule has 23 heavy (non-hydrogen) atoms. The van der Waals surface area contributed by atoms with E-state index in [4.69, 9.17) is 0 Å². The molecule has 0 spiro atoms. The van der Waals surface area contributed by atoms with Crippen LogP contribution in [0.1, 0.15) is 30.4 Å². The van der Waals surface area contributed by atoms with Crippen LogP contribution in [0.15, 0.2) is 60.7 Å². The van der Waals surface area contributed by atoms with Crippen LogP contribution in [0.5, 0.6) is 0 Å². The highest BCUT2D eigenvalue weighted by Crippen LogP contribution is 2.40. The molecule has 1 aliphatic heterocycles. The maximum absolute atomic E-state index is 10.5. The van der Waals surface area contributed by atoms with Gasteiger partial charge in [0, 0.05) is 6.04 Å². The Morgan fingerprint density at radius 1 is 0.957 bits per heavy atom. The number of piperidine rings is 1. The molecule has 0 aliphatic carbocycles. The van der Waals surface area contributed by atoms with Crippen molar-refractivity contribution >= 4 is 12.4 Å². The molecular formula is C20H26ClNO. The molecule has 1 fully saturated rings. The lowest BCUT2D eigenvalue weighted by Gasteiger charge is -2.47. The van der Waals surface area contributed by atoms with Crippen molar-refractivity contribution in [3.8, 4) is 0 Å². The number of likely N-dealkylation sites (N-methyl/N-ethyl adjacent to an activating group) is 1. The molecule has 3 rings (SSSR count). The van der Waals surface area contributed by atoms with Crippen LogP contribution in [0.2, 0.25) is 0 Å². The van der Waals surface area contributed by atoms with Crippen LogP contribution < -0.4 is 0 Å². The molecule has 1 aliphatic rings.